The Bertz CT molecular complexity index is 782. The SMILES string of the molecule is CN(CCC(=O)Nc1cccc(Br)c1)CC(=O)Nc1cc(F)cc(F)c1. The molecular weight excluding hydrogens is 408 g/mol. The molecule has 0 atom stereocenters. The number of hydrogen-bond acceptors (Lipinski definition) is 3. The minimum absolute atomic E-state index is 0.0116. The monoisotopic (exact) mass is 425 g/mol. The van der Waals surface area contributed by atoms with Crippen molar-refractivity contribution in [1.82, 2.24) is 4.90 Å². The molecule has 2 aromatic carbocycles. The van der Waals surface area contributed by atoms with Crippen molar-refractivity contribution < 1.29 is 18.4 Å². The zero-order valence-corrected chi connectivity index (χ0v) is 15.6. The summed E-state index contributed by atoms with van der Waals surface area (Å²) in [5.74, 6) is -2.14. The first-order valence-corrected chi connectivity index (χ1v) is 8.61. The van der Waals surface area contributed by atoms with Crippen LogP contribution in [-0.4, -0.2) is 36.9 Å². The fourth-order valence-electron chi connectivity index (χ4n) is 2.23. The molecule has 0 saturated heterocycles. The summed E-state index contributed by atoms with van der Waals surface area (Å²) in [6.07, 6.45) is 0.199. The molecule has 0 fully saturated rings. The third-order valence-electron chi connectivity index (χ3n) is 3.39. The number of nitrogens with zero attached hydrogens (tertiary/aromatic N) is 1. The molecule has 8 heteroatoms. The Morgan fingerprint density at radius 3 is 2.31 bits per heavy atom. The van der Waals surface area contributed by atoms with Gasteiger partial charge in [-0.25, -0.2) is 8.78 Å². The summed E-state index contributed by atoms with van der Waals surface area (Å²) >= 11 is 3.33. The Morgan fingerprint density at radius 2 is 1.65 bits per heavy atom. The maximum Gasteiger partial charge on any atom is 0.238 e. The molecule has 0 unspecified atom stereocenters. The van der Waals surface area contributed by atoms with Gasteiger partial charge in [0.25, 0.3) is 0 Å². The van der Waals surface area contributed by atoms with Gasteiger partial charge >= 0.3 is 0 Å². The van der Waals surface area contributed by atoms with Crippen molar-refractivity contribution in [2.45, 2.75) is 6.42 Å². The number of benzene rings is 2. The lowest BCUT2D eigenvalue weighted by molar-refractivity contribution is -0.119. The summed E-state index contributed by atoms with van der Waals surface area (Å²) in [6, 6.07) is 10.0. The predicted molar refractivity (Wildman–Crippen MR) is 99.9 cm³/mol. The highest BCUT2D eigenvalue weighted by Crippen LogP contribution is 2.16. The van der Waals surface area contributed by atoms with Gasteiger partial charge in [-0.05, 0) is 37.4 Å². The van der Waals surface area contributed by atoms with Crippen molar-refractivity contribution in [3.8, 4) is 0 Å². The molecule has 2 amide bonds. The van der Waals surface area contributed by atoms with E-state index in [1.54, 1.807) is 24.1 Å². The highest BCUT2D eigenvalue weighted by molar-refractivity contribution is 9.10. The maximum atomic E-state index is 13.1. The highest BCUT2D eigenvalue weighted by atomic mass is 79.9. The van der Waals surface area contributed by atoms with Gasteiger partial charge in [0.15, 0.2) is 0 Å². The molecule has 0 aliphatic rings. The van der Waals surface area contributed by atoms with Crippen molar-refractivity contribution in [1.29, 1.82) is 0 Å². The van der Waals surface area contributed by atoms with Crippen LogP contribution in [0, 0.1) is 11.6 Å². The molecule has 2 aromatic rings. The van der Waals surface area contributed by atoms with E-state index in [2.05, 4.69) is 26.6 Å². The molecule has 138 valence electrons. The minimum Gasteiger partial charge on any atom is -0.326 e. The smallest absolute Gasteiger partial charge is 0.238 e. The van der Waals surface area contributed by atoms with Gasteiger partial charge in [-0.3, -0.25) is 14.5 Å². The van der Waals surface area contributed by atoms with E-state index >= 15 is 0 Å². The summed E-state index contributed by atoms with van der Waals surface area (Å²) in [6.45, 7) is 0.340. The number of anilines is 2. The second-order valence-corrected chi connectivity index (χ2v) is 6.67. The number of nitrogens with one attached hydrogen (secondary N) is 2. The Morgan fingerprint density at radius 1 is 1.00 bits per heavy atom. The third-order valence-corrected chi connectivity index (χ3v) is 3.88. The summed E-state index contributed by atoms with van der Waals surface area (Å²) in [5, 5.41) is 5.19. The number of likely N-dealkylation sites (N-methyl/N-ethyl adjacent to an activating group) is 1. The normalized spacial score (nSPS) is 10.7. The maximum absolute atomic E-state index is 13.1. The summed E-state index contributed by atoms with van der Waals surface area (Å²) < 4.78 is 27.1. The first-order chi connectivity index (χ1) is 12.3. The second kappa shape index (κ2) is 9.40. The van der Waals surface area contributed by atoms with Crippen LogP contribution in [0.25, 0.3) is 0 Å². The Kier molecular flexibility index (Phi) is 7.23. The van der Waals surface area contributed by atoms with Crippen LogP contribution in [-0.2, 0) is 9.59 Å². The van der Waals surface area contributed by atoms with Crippen LogP contribution < -0.4 is 10.6 Å². The topological polar surface area (TPSA) is 61.4 Å². The van der Waals surface area contributed by atoms with E-state index in [9.17, 15) is 18.4 Å². The zero-order chi connectivity index (χ0) is 19.1. The van der Waals surface area contributed by atoms with Crippen LogP contribution in [0.15, 0.2) is 46.9 Å². The highest BCUT2D eigenvalue weighted by Gasteiger charge is 2.10. The molecule has 0 heterocycles. The fraction of sp³-hybridized carbons (Fsp3) is 0.222. The molecule has 0 bridgehead atoms. The van der Waals surface area contributed by atoms with Crippen LogP contribution >= 0.6 is 15.9 Å². The summed E-state index contributed by atoms with van der Waals surface area (Å²) in [4.78, 5) is 25.5. The number of amides is 2. The van der Waals surface area contributed by atoms with Gasteiger partial charge < -0.3 is 10.6 Å². The lowest BCUT2D eigenvalue weighted by Gasteiger charge is -2.16. The molecule has 2 rings (SSSR count). The van der Waals surface area contributed by atoms with Crippen LogP contribution in [0.4, 0.5) is 20.2 Å². The van der Waals surface area contributed by atoms with Crippen molar-refractivity contribution in [3.63, 3.8) is 0 Å². The largest absolute Gasteiger partial charge is 0.326 e. The van der Waals surface area contributed by atoms with Gasteiger partial charge in [0, 0.05) is 34.9 Å². The molecule has 0 spiro atoms. The molecule has 0 aliphatic heterocycles. The average molecular weight is 426 g/mol. The van der Waals surface area contributed by atoms with E-state index in [0.717, 1.165) is 22.7 Å². The standard InChI is InChI=1S/C18H18BrF2N3O2/c1-24(6-5-17(25)22-15-4-2-3-12(19)7-15)11-18(26)23-16-9-13(20)8-14(21)10-16/h2-4,7-10H,5-6,11H2,1H3,(H,22,25)(H,23,26). The van der Waals surface area contributed by atoms with Crippen molar-refractivity contribution >= 4 is 39.1 Å². The van der Waals surface area contributed by atoms with Crippen LogP contribution in [0.1, 0.15) is 6.42 Å². The summed E-state index contributed by atoms with van der Waals surface area (Å²) in [7, 11) is 1.68. The van der Waals surface area contributed by atoms with E-state index in [1.165, 1.54) is 0 Å². The van der Waals surface area contributed by atoms with Crippen LogP contribution in [0.5, 0.6) is 0 Å². The molecule has 0 aliphatic carbocycles. The molecule has 26 heavy (non-hydrogen) atoms. The molecular formula is C18H18BrF2N3O2. The summed E-state index contributed by atoms with van der Waals surface area (Å²) in [5.41, 5.74) is 0.728. The molecule has 0 aromatic heterocycles. The van der Waals surface area contributed by atoms with E-state index in [-0.39, 0.29) is 24.6 Å². The minimum atomic E-state index is -0.766. The third kappa shape index (κ3) is 6.89. The van der Waals surface area contributed by atoms with Gasteiger partial charge in [0.05, 0.1) is 6.54 Å². The Hall–Kier alpha value is -2.32. The Labute approximate surface area is 158 Å². The second-order valence-electron chi connectivity index (χ2n) is 5.75. The number of halogens is 3. The van der Waals surface area contributed by atoms with Crippen LogP contribution in [0.3, 0.4) is 0 Å². The lowest BCUT2D eigenvalue weighted by atomic mass is 10.3. The Balaban J connectivity index is 1.76. The lowest BCUT2D eigenvalue weighted by Crippen LogP contribution is -2.32. The molecule has 5 nitrogen and oxygen atoms in total. The molecule has 0 radical (unpaired) electrons. The molecule has 2 N–H and O–H groups in total. The van der Waals surface area contributed by atoms with Crippen molar-refractivity contribution in [2.24, 2.45) is 0 Å². The number of carbonyl (C=O) groups is 2. The number of rotatable bonds is 7. The van der Waals surface area contributed by atoms with Gasteiger partial charge in [0.2, 0.25) is 11.8 Å². The van der Waals surface area contributed by atoms with Crippen LogP contribution in [0.2, 0.25) is 0 Å². The van der Waals surface area contributed by atoms with E-state index in [1.807, 2.05) is 12.1 Å². The fourth-order valence-corrected chi connectivity index (χ4v) is 2.63. The molecule has 0 saturated carbocycles. The van der Waals surface area contributed by atoms with Gasteiger partial charge in [0.1, 0.15) is 11.6 Å². The van der Waals surface area contributed by atoms with E-state index in [4.69, 9.17) is 0 Å². The van der Waals surface area contributed by atoms with Gasteiger partial charge in [-0.1, -0.05) is 22.0 Å². The predicted octanol–water partition coefficient (Wildman–Crippen LogP) is 3.63. The van der Waals surface area contributed by atoms with E-state index in [0.29, 0.717) is 12.2 Å². The number of carbonyl (C=O) groups excluding carboxylic acids is 2. The average Bonchev–Trinajstić information content (AvgIpc) is 2.51. The van der Waals surface area contributed by atoms with Gasteiger partial charge in [-0.15, -0.1) is 0 Å². The van der Waals surface area contributed by atoms with Crippen molar-refractivity contribution in [2.75, 3.05) is 30.8 Å². The zero-order valence-electron chi connectivity index (χ0n) is 14.1. The van der Waals surface area contributed by atoms with Crippen molar-refractivity contribution in [3.05, 3.63) is 58.6 Å². The van der Waals surface area contributed by atoms with Gasteiger partial charge in [-0.2, -0.15) is 0 Å². The first kappa shape index (κ1) is 20.0. The van der Waals surface area contributed by atoms with E-state index < -0.39 is 17.5 Å². The number of hydrogen-bond donors (Lipinski definition) is 2. The quantitative estimate of drug-likeness (QED) is 0.711. The first-order valence-electron chi connectivity index (χ1n) is 7.82.